The smallest absolute Gasteiger partial charge is 0.121 e. The monoisotopic (exact) mass is 265 g/mol. The molecule has 3 nitrogen and oxygen atoms in total. The van der Waals surface area contributed by atoms with Gasteiger partial charge in [0, 0.05) is 19.8 Å². The minimum Gasteiger partial charge on any atom is -0.496 e. The van der Waals surface area contributed by atoms with E-state index in [1.165, 1.54) is 11.1 Å². The molecule has 0 fully saturated rings. The van der Waals surface area contributed by atoms with Gasteiger partial charge < -0.3 is 14.8 Å². The third kappa shape index (κ3) is 6.60. The van der Waals surface area contributed by atoms with E-state index in [9.17, 15) is 0 Å². The van der Waals surface area contributed by atoms with Crippen molar-refractivity contribution in [3.05, 3.63) is 29.3 Å². The Labute approximate surface area is 117 Å². The lowest BCUT2D eigenvalue weighted by atomic mass is 10.1. The van der Waals surface area contributed by atoms with E-state index in [4.69, 9.17) is 9.47 Å². The molecule has 0 atom stereocenters. The number of hydrogen-bond donors (Lipinski definition) is 1. The van der Waals surface area contributed by atoms with Crippen LogP contribution in [0.1, 0.15) is 31.4 Å². The first-order chi connectivity index (χ1) is 9.13. The quantitative estimate of drug-likeness (QED) is 0.696. The maximum absolute atomic E-state index is 5.54. The zero-order chi connectivity index (χ0) is 14.1. The lowest BCUT2D eigenvalue weighted by molar-refractivity contribution is 0.108. The fourth-order valence-corrected chi connectivity index (χ4v) is 1.90. The molecule has 0 bridgehead atoms. The Kier molecular flexibility index (Phi) is 7.53. The van der Waals surface area contributed by atoms with Crippen LogP contribution in [-0.2, 0) is 11.3 Å². The van der Waals surface area contributed by atoms with E-state index in [0.717, 1.165) is 38.5 Å². The molecule has 0 aliphatic rings. The molecule has 1 aromatic carbocycles. The minimum atomic E-state index is 0.621. The molecule has 0 saturated heterocycles. The van der Waals surface area contributed by atoms with Gasteiger partial charge in [-0.15, -0.1) is 0 Å². The van der Waals surface area contributed by atoms with E-state index in [1.807, 2.05) is 6.07 Å². The van der Waals surface area contributed by atoms with Gasteiger partial charge in [-0.1, -0.05) is 26.0 Å². The van der Waals surface area contributed by atoms with Crippen LogP contribution >= 0.6 is 0 Å². The summed E-state index contributed by atoms with van der Waals surface area (Å²) in [6.45, 7) is 10.00. The Morgan fingerprint density at radius 2 is 2.05 bits per heavy atom. The molecule has 1 aromatic rings. The first-order valence-corrected chi connectivity index (χ1v) is 7.05. The summed E-state index contributed by atoms with van der Waals surface area (Å²) < 4.78 is 10.8. The first kappa shape index (κ1) is 16.0. The van der Waals surface area contributed by atoms with Crippen LogP contribution < -0.4 is 10.1 Å². The molecule has 0 spiro atoms. The Hall–Kier alpha value is -1.06. The lowest BCUT2D eigenvalue weighted by Gasteiger charge is -2.09. The lowest BCUT2D eigenvalue weighted by Crippen LogP contribution is -2.17. The van der Waals surface area contributed by atoms with Crippen molar-refractivity contribution in [1.29, 1.82) is 0 Å². The maximum Gasteiger partial charge on any atom is 0.121 e. The second-order valence-corrected chi connectivity index (χ2v) is 5.30. The van der Waals surface area contributed by atoms with Crippen molar-refractivity contribution >= 4 is 0 Å². The zero-order valence-electron chi connectivity index (χ0n) is 12.7. The molecule has 0 amide bonds. The van der Waals surface area contributed by atoms with Crippen LogP contribution in [0.2, 0.25) is 0 Å². The molecule has 1 N–H and O–H groups in total. The average molecular weight is 265 g/mol. The van der Waals surface area contributed by atoms with Crippen molar-refractivity contribution in [2.45, 2.75) is 33.7 Å². The molecule has 0 aliphatic carbocycles. The van der Waals surface area contributed by atoms with Crippen LogP contribution in [0.15, 0.2) is 18.2 Å². The van der Waals surface area contributed by atoms with Crippen molar-refractivity contribution in [3.8, 4) is 5.75 Å². The predicted molar refractivity (Wildman–Crippen MR) is 79.7 cm³/mol. The predicted octanol–water partition coefficient (Wildman–Crippen LogP) is 3.16. The third-order valence-electron chi connectivity index (χ3n) is 2.88. The molecular weight excluding hydrogens is 238 g/mol. The van der Waals surface area contributed by atoms with Gasteiger partial charge in [-0.2, -0.15) is 0 Å². The number of benzene rings is 1. The standard InChI is InChI=1S/C16H27NO2/c1-13(2)12-19-9-5-8-17-11-15-6-7-16(18-4)14(3)10-15/h6-7,10,13,17H,5,8-9,11-12H2,1-4H3. The van der Waals surface area contributed by atoms with Gasteiger partial charge in [-0.3, -0.25) is 0 Å². The van der Waals surface area contributed by atoms with Crippen LogP contribution in [0.3, 0.4) is 0 Å². The highest BCUT2D eigenvalue weighted by Gasteiger charge is 1.99. The van der Waals surface area contributed by atoms with E-state index in [2.05, 4.69) is 38.2 Å². The number of nitrogens with one attached hydrogen (secondary N) is 1. The Morgan fingerprint density at radius 1 is 1.26 bits per heavy atom. The normalized spacial score (nSPS) is 11.0. The molecule has 3 heteroatoms. The average Bonchev–Trinajstić information content (AvgIpc) is 2.37. The summed E-state index contributed by atoms with van der Waals surface area (Å²) in [5.74, 6) is 1.57. The number of rotatable bonds is 9. The fraction of sp³-hybridized carbons (Fsp3) is 0.625. The molecule has 0 saturated carbocycles. The molecule has 1 rings (SSSR count). The number of methoxy groups -OCH3 is 1. The van der Waals surface area contributed by atoms with Crippen molar-refractivity contribution in [2.24, 2.45) is 5.92 Å². The molecule has 0 radical (unpaired) electrons. The van der Waals surface area contributed by atoms with E-state index in [1.54, 1.807) is 7.11 Å². The molecular formula is C16H27NO2. The topological polar surface area (TPSA) is 30.5 Å². The highest BCUT2D eigenvalue weighted by atomic mass is 16.5. The van der Waals surface area contributed by atoms with Gasteiger partial charge in [0.2, 0.25) is 0 Å². The highest BCUT2D eigenvalue weighted by molar-refractivity contribution is 5.36. The van der Waals surface area contributed by atoms with Gasteiger partial charge in [0.25, 0.3) is 0 Å². The van der Waals surface area contributed by atoms with Crippen LogP contribution in [0.25, 0.3) is 0 Å². The van der Waals surface area contributed by atoms with Crippen molar-refractivity contribution in [3.63, 3.8) is 0 Å². The molecule has 0 aromatic heterocycles. The fourth-order valence-electron chi connectivity index (χ4n) is 1.90. The Bertz CT molecular complexity index is 364. The van der Waals surface area contributed by atoms with Gasteiger partial charge in [0.15, 0.2) is 0 Å². The van der Waals surface area contributed by atoms with Gasteiger partial charge in [0.05, 0.1) is 7.11 Å². The number of hydrogen-bond acceptors (Lipinski definition) is 3. The van der Waals surface area contributed by atoms with Gasteiger partial charge >= 0.3 is 0 Å². The van der Waals surface area contributed by atoms with Crippen LogP contribution in [-0.4, -0.2) is 26.9 Å². The number of ether oxygens (including phenoxy) is 2. The summed E-state index contributed by atoms with van der Waals surface area (Å²) >= 11 is 0. The molecule has 0 aliphatic heterocycles. The van der Waals surface area contributed by atoms with Gasteiger partial charge in [-0.05, 0) is 43.0 Å². The Morgan fingerprint density at radius 3 is 2.68 bits per heavy atom. The van der Waals surface area contributed by atoms with Gasteiger partial charge in [-0.25, -0.2) is 0 Å². The second kappa shape index (κ2) is 8.94. The molecule has 0 heterocycles. The first-order valence-electron chi connectivity index (χ1n) is 7.05. The summed E-state index contributed by atoms with van der Waals surface area (Å²) in [5.41, 5.74) is 2.48. The van der Waals surface area contributed by atoms with Crippen LogP contribution in [0, 0.1) is 12.8 Å². The number of aryl methyl sites for hydroxylation is 1. The van der Waals surface area contributed by atoms with Crippen molar-refractivity contribution in [1.82, 2.24) is 5.32 Å². The van der Waals surface area contributed by atoms with Gasteiger partial charge in [0.1, 0.15) is 5.75 Å². The van der Waals surface area contributed by atoms with Crippen LogP contribution in [0.5, 0.6) is 5.75 Å². The molecule has 108 valence electrons. The maximum atomic E-state index is 5.54. The minimum absolute atomic E-state index is 0.621. The second-order valence-electron chi connectivity index (χ2n) is 5.30. The summed E-state index contributed by atoms with van der Waals surface area (Å²) in [6.07, 6.45) is 1.06. The van der Waals surface area contributed by atoms with Crippen molar-refractivity contribution in [2.75, 3.05) is 26.9 Å². The Balaban J connectivity index is 2.14. The van der Waals surface area contributed by atoms with E-state index in [0.29, 0.717) is 5.92 Å². The molecule has 19 heavy (non-hydrogen) atoms. The van der Waals surface area contributed by atoms with E-state index < -0.39 is 0 Å². The summed E-state index contributed by atoms with van der Waals surface area (Å²) in [4.78, 5) is 0. The van der Waals surface area contributed by atoms with Crippen molar-refractivity contribution < 1.29 is 9.47 Å². The highest BCUT2D eigenvalue weighted by Crippen LogP contribution is 2.18. The summed E-state index contributed by atoms with van der Waals surface area (Å²) in [5, 5.41) is 3.43. The third-order valence-corrected chi connectivity index (χ3v) is 2.88. The molecule has 0 unspecified atom stereocenters. The SMILES string of the molecule is COc1ccc(CNCCCOCC(C)C)cc1C. The summed E-state index contributed by atoms with van der Waals surface area (Å²) in [6, 6.07) is 6.30. The largest absolute Gasteiger partial charge is 0.496 e. The zero-order valence-corrected chi connectivity index (χ0v) is 12.7. The summed E-state index contributed by atoms with van der Waals surface area (Å²) in [7, 11) is 1.71. The van der Waals surface area contributed by atoms with E-state index >= 15 is 0 Å². The van der Waals surface area contributed by atoms with E-state index in [-0.39, 0.29) is 0 Å². The van der Waals surface area contributed by atoms with Crippen LogP contribution in [0.4, 0.5) is 0 Å².